The van der Waals surface area contributed by atoms with Crippen molar-refractivity contribution in [3.8, 4) is 33.8 Å². The quantitative estimate of drug-likeness (QED) is 0.553. The van der Waals surface area contributed by atoms with Crippen molar-refractivity contribution in [3.05, 3.63) is 101 Å². The van der Waals surface area contributed by atoms with Gasteiger partial charge in [0.05, 0.1) is 11.3 Å². The summed E-state index contributed by atoms with van der Waals surface area (Å²) in [6, 6.07) is 21.3. The molecule has 1 N–H and O–H groups in total. The first-order valence-electron chi connectivity index (χ1n) is 8.36. The fraction of sp³-hybridized carbons (Fsp3) is 0. The van der Waals surface area contributed by atoms with E-state index in [2.05, 4.69) is 4.98 Å². The maximum Gasteiger partial charge on any atom is 0.267 e. The summed E-state index contributed by atoms with van der Waals surface area (Å²) in [4.78, 5) is 17.6. The van der Waals surface area contributed by atoms with Crippen LogP contribution < -0.4 is 5.56 Å². The smallest absolute Gasteiger partial charge is 0.267 e. The summed E-state index contributed by atoms with van der Waals surface area (Å²) >= 11 is 6.01. The van der Waals surface area contributed by atoms with Gasteiger partial charge in [-0.3, -0.25) is 14.3 Å². The van der Waals surface area contributed by atoms with E-state index in [-0.39, 0.29) is 16.9 Å². The zero-order valence-electron chi connectivity index (χ0n) is 14.2. The largest absolute Gasteiger partial charge is 0.507 e. The van der Waals surface area contributed by atoms with Gasteiger partial charge in [0, 0.05) is 34.7 Å². The Morgan fingerprint density at radius 2 is 1.59 bits per heavy atom. The van der Waals surface area contributed by atoms with Crippen molar-refractivity contribution in [3.63, 3.8) is 0 Å². The number of nitrogens with zero attached hydrogens (tertiary/aromatic N) is 2. The van der Waals surface area contributed by atoms with Gasteiger partial charge in [0.1, 0.15) is 5.75 Å². The van der Waals surface area contributed by atoms with E-state index in [1.807, 2.05) is 24.3 Å². The van der Waals surface area contributed by atoms with E-state index < -0.39 is 0 Å². The normalized spacial score (nSPS) is 10.7. The molecular formula is C22H15ClN2O2. The van der Waals surface area contributed by atoms with Crippen molar-refractivity contribution in [2.75, 3.05) is 0 Å². The first-order valence-corrected chi connectivity index (χ1v) is 8.74. The van der Waals surface area contributed by atoms with Crippen LogP contribution >= 0.6 is 11.6 Å². The Balaban J connectivity index is 2.06. The van der Waals surface area contributed by atoms with Gasteiger partial charge in [-0.25, -0.2) is 0 Å². The van der Waals surface area contributed by atoms with Crippen LogP contribution in [0.25, 0.3) is 28.1 Å². The molecular weight excluding hydrogens is 360 g/mol. The monoisotopic (exact) mass is 374 g/mol. The Hall–Kier alpha value is -3.37. The molecule has 0 spiro atoms. The van der Waals surface area contributed by atoms with E-state index in [4.69, 9.17) is 11.6 Å². The van der Waals surface area contributed by atoms with Gasteiger partial charge >= 0.3 is 0 Å². The minimum atomic E-state index is -0.317. The summed E-state index contributed by atoms with van der Waals surface area (Å²) in [5.74, 6) is -0.0738. The third-order valence-corrected chi connectivity index (χ3v) is 4.54. The van der Waals surface area contributed by atoms with E-state index in [9.17, 15) is 9.90 Å². The predicted molar refractivity (Wildman–Crippen MR) is 107 cm³/mol. The molecule has 2 heterocycles. The van der Waals surface area contributed by atoms with Gasteiger partial charge in [0.25, 0.3) is 5.56 Å². The Morgan fingerprint density at radius 3 is 2.26 bits per heavy atom. The van der Waals surface area contributed by atoms with Gasteiger partial charge in [-0.05, 0) is 42.0 Å². The molecule has 0 aliphatic heterocycles. The van der Waals surface area contributed by atoms with Crippen LogP contribution in [-0.4, -0.2) is 14.7 Å². The highest BCUT2D eigenvalue weighted by Gasteiger charge is 2.18. The molecule has 4 aromatic rings. The molecule has 2 aromatic carbocycles. The van der Waals surface area contributed by atoms with Crippen LogP contribution in [0, 0.1) is 0 Å². The van der Waals surface area contributed by atoms with Crippen molar-refractivity contribution >= 4 is 11.6 Å². The second-order valence-corrected chi connectivity index (χ2v) is 6.45. The van der Waals surface area contributed by atoms with E-state index >= 15 is 0 Å². The van der Waals surface area contributed by atoms with Crippen molar-refractivity contribution in [1.29, 1.82) is 0 Å². The summed E-state index contributed by atoms with van der Waals surface area (Å²) in [6.07, 6.45) is 3.31. The minimum absolute atomic E-state index is 0.0738. The number of aromatic hydroxyl groups is 1. The zero-order chi connectivity index (χ0) is 18.8. The summed E-state index contributed by atoms with van der Waals surface area (Å²) < 4.78 is 1.56. The first kappa shape index (κ1) is 17.1. The molecule has 4 rings (SSSR count). The molecule has 27 heavy (non-hydrogen) atoms. The van der Waals surface area contributed by atoms with Crippen LogP contribution in [0.15, 0.2) is 90.0 Å². The number of hydrogen-bond donors (Lipinski definition) is 1. The molecule has 0 aliphatic rings. The van der Waals surface area contributed by atoms with Crippen LogP contribution in [0.2, 0.25) is 5.02 Å². The number of aromatic nitrogens is 2. The van der Waals surface area contributed by atoms with E-state index in [0.29, 0.717) is 22.0 Å². The van der Waals surface area contributed by atoms with Crippen LogP contribution in [0.1, 0.15) is 0 Å². The molecule has 0 fully saturated rings. The predicted octanol–water partition coefficient (Wildman–Crippen LogP) is 4.93. The molecule has 0 amide bonds. The fourth-order valence-corrected chi connectivity index (χ4v) is 3.17. The standard InChI is InChI=1S/C22H15ClN2O2/c23-17-8-10-18(11-9-17)25-19(16-7-4-12-24-14-16)13-20(26)21(22(25)27)15-5-2-1-3-6-15/h1-14,26H. The zero-order valence-corrected chi connectivity index (χ0v) is 15.0. The van der Waals surface area contributed by atoms with E-state index in [1.54, 1.807) is 65.5 Å². The van der Waals surface area contributed by atoms with Crippen molar-refractivity contribution in [2.24, 2.45) is 0 Å². The maximum atomic E-state index is 13.4. The van der Waals surface area contributed by atoms with E-state index in [1.165, 1.54) is 0 Å². The van der Waals surface area contributed by atoms with Crippen molar-refractivity contribution < 1.29 is 5.11 Å². The van der Waals surface area contributed by atoms with Crippen LogP contribution in [-0.2, 0) is 0 Å². The lowest BCUT2D eigenvalue weighted by Crippen LogP contribution is -2.22. The van der Waals surface area contributed by atoms with E-state index in [0.717, 1.165) is 5.56 Å². The lowest BCUT2D eigenvalue weighted by atomic mass is 10.0. The highest BCUT2D eigenvalue weighted by Crippen LogP contribution is 2.31. The van der Waals surface area contributed by atoms with Gasteiger partial charge in [-0.1, -0.05) is 41.9 Å². The Morgan fingerprint density at radius 1 is 0.889 bits per heavy atom. The summed E-state index contributed by atoms with van der Waals surface area (Å²) in [5, 5.41) is 11.2. The van der Waals surface area contributed by atoms with Crippen LogP contribution in [0.4, 0.5) is 0 Å². The SMILES string of the molecule is O=c1c(-c2ccccc2)c(O)cc(-c2cccnc2)n1-c1ccc(Cl)cc1. The molecule has 4 nitrogen and oxygen atoms in total. The summed E-state index contributed by atoms with van der Waals surface area (Å²) in [7, 11) is 0. The molecule has 0 radical (unpaired) electrons. The molecule has 5 heteroatoms. The Labute approximate surface area is 161 Å². The molecule has 2 aromatic heterocycles. The molecule has 0 bridgehead atoms. The molecule has 0 saturated carbocycles. The lowest BCUT2D eigenvalue weighted by Gasteiger charge is -2.16. The second-order valence-electron chi connectivity index (χ2n) is 6.01. The van der Waals surface area contributed by atoms with Gasteiger partial charge in [0.2, 0.25) is 0 Å². The number of rotatable bonds is 3. The maximum absolute atomic E-state index is 13.4. The molecule has 0 aliphatic carbocycles. The molecule has 0 atom stereocenters. The molecule has 132 valence electrons. The topological polar surface area (TPSA) is 55.1 Å². The number of halogens is 1. The number of pyridine rings is 2. The molecule has 0 unspecified atom stereocenters. The van der Waals surface area contributed by atoms with Gasteiger partial charge < -0.3 is 5.11 Å². The Kier molecular flexibility index (Phi) is 4.48. The van der Waals surface area contributed by atoms with Crippen LogP contribution in [0.5, 0.6) is 5.75 Å². The third-order valence-electron chi connectivity index (χ3n) is 4.29. The number of hydrogen-bond acceptors (Lipinski definition) is 3. The summed E-state index contributed by atoms with van der Waals surface area (Å²) in [5.41, 5.74) is 2.51. The second kappa shape index (κ2) is 7.09. The third kappa shape index (κ3) is 3.23. The molecule has 0 saturated heterocycles. The highest BCUT2D eigenvalue weighted by atomic mass is 35.5. The van der Waals surface area contributed by atoms with Gasteiger partial charge in [-0.15, -0.1) is 0 Å². The highest BCUT2D eigenvalue weighted by molar-refractivity contribution is 6.30. The first-order chi connectivity index (χ1) is 13.1. The Bertz CT molecular complexity index is 1140. The lowest BCUT2D eigenvalue weighted by molar-refractivity contribution is 0.475. The number of benzene rings is 2. The van der Waals surface area contributed by atoms with Gasteiger partial charge in [0.15, 0.2) is 0 Å². The average molecular weight is 375 g/mol. The van der Waals surface area contributed by atoms with Crippen LogP contribution in [0.3, 0.4) is 0 Å². The summed E-state index contributed by atoms with van der Waals surface area (Å²) in [6.45, 7) is 0. The van der Waals surface area contributed by atoms with Crippen molar-refractivity contribution in [1.82, 2.24) is 9.55 Å². The average Bonchev–Trinajstić information content (AvgIpc) is 2.70. The minimum Gasteiger partial charge on any atom is -0.507 e. The van der Waals surface area contributed by atoms with Crippen molar-refractivity contribution in [2.45, 2.75) is 0 Å². The fourth-order valence-electron chi connectivity index (χ4n) is 3.05. The van der Waals surface area contributed by atoms with Gasteiger partial charge in [-0.2, -0.15) is 0 Å².